The zero-order valence-corrected chi connectivity index (χ0v) is 18.8. The van der Waals surface area contributed by atoms with Crippen molar-refractivity contribution in [2.45, 2.75) is 6.54 Å². The van der Waals surface area contributed by atoms with Gasteiger partial charge in [-0.2, -0.15) is 5.10 Å². The van der Waals surface area contributed by atoms with E-state index in [1.54, 1.807) is 12.1 Å². The molecule has 33 heavy (non-hydrogen) atoms. The summed E-state index contributed by atoms with van der Waals surface area (Å²) in [5, 5.41) is 6.33. The normalized spacial score (nSPS) is 14.0. The maximum Gasteiger partial charge on any atom is 0.275 e. The van der Waals surface area contributed by atoms with Gasteiger partial charge in [0.05, 0.1) is 11.9 Å². The van der Waals surface area contributed by atoms with Crippen molar-refractivity contribution in [2.75, 3.05) is 31.1 Å². The van der Waals surface area contributed by atoms with Gasteiger partial charge < -0.3 is 9.80 Å². The van der Waals surface area contributed by atoms with E-state index in [4.69, 9.17) is 11.6 Å². The van der Waals surface area contributed by atoms with E-state index in [9.17, 15) is 9.59 Å². The number of carbonyl (C=O) groups excluding carboxylic acids is 1. The van der Waals surface area contributed by atoms with Crippen LogP contribution in [0.4, 0.5) is 5.69 Å². The molecule has 0 spiro atoms. The number of aromatic nitrogens is 2. The highest BCUT2D eigenvalue weighted by molar-refractivity contribution is 6.30. The van der Waals surface area contributed by atoms with Gasteiger partial charge in [0.25, 0.3) is 11.5 Å². The molecule has 0 unspecified atom stereocenters. The van der Waals surface area contributed by atoms with Gasteiger partial charge in [0.2, 0.25) is 0 Å². The Balaban J connectivity index is 1.43. The zero-order valence-electron chi connectivity index (χ0n) is 18.0. The summed E-state index contributed by atoms with van der Waals surface area (Å²) in [6.07, 6.45) is 0. The molecule has 3 aromatic carbocycles. The summed E-state index contributed by atoms with van der Waals surface area (Å²) < 4.78 is 1.40. The van der Waals surface area contributed by atoms with E-state index in [1.165, 1.54) is 4.68 Å². The Morgan fingerprint density at radius 3 is 2.27 bits per heavy atom. The molecule has 6 nitrogen and oxygen atoms in total. The van der Waals surface area contributed by atoms with Crippen LogP contribution in [0.1, 0.15) is 16.1 Å². The van der Waals surface area contributed by atoms with Crippen LogP contribution in [0.5, 0.6) is 0 Å². The summed E-state index contributed by atoms with van der Waals surface area (Å²) in [6.45, 7) is 2.85. The molecule has 166 valence electrons. The van der Waals surface area contributed by atoms with Crippen molar-refractivity contribution in [3.63, 3.8) is 0 Å². The molecule has 5 rings (SSSR count). The second kappa shape index (κ2) is 9.08. The van der Waals surface area contributed by atoms with E-state index in [-0.39, 0.29) is 11.5 Å². The predicted molar refractivity (Wildman–Crippen MR) is 131 cm³/mol. The Morgan fingerprint density at radius 1 is 0.848 bits per heavy atom. The third-order valence-corrected chi connectivity index (χ3v) is 6.22. The molecule has 2 heterocycles. The van der Waals surface area contributed by atoms with Crippen LogP contribution < -0.4 is 10.5 Å². The molecule has 1 aliphatic heterocycles. The first kappa shape index (κ1) is 21.2. The van der Waals surface area contributed by atoms with Crippen molar-refractivity contribution in [3.05, 3.63) is 105 Å². The summed E-state index contributed by atoms with van der Waals surface area (Å²) in [5.74, 6) is -0.154. The first-order valence-corrected chi connectivity index (χ1v) is 11.3. The van der Waals surface area contributed by atoms with Gasteiger partial charge in [0.1, 0.15) is 0 Å². The molecule has 0 aliphatic carbocycles. The second-order valence-electron chi connectivity index (χ2n) is 8.10. The molecule has 1 aliphatic rings. The van der Waals surface area contributed by atoms with Crippen molar-refractivity contribution in [3.8, 4) is 0 Å². The minimum atomic E-state index is -0.197. The molecule has 0 saturated carbocycles. The van der Waals surface area contributed by atoms with Gasteiger partial charge in [-0.3, -0.25) is 9.59 Å². The van der Waals surface area contributed by atoms with Gasteiger partial charge in [-0.1, -0.05) is 66.2 Å². The minimum absolute atomic E-state index is 0.154. The maximum atomic E-state index is 13.5. The number of fused-ring (bicyclic) bond motifs is 1. The van der Waals surface area contributed by atoms with Crippen LogP contribution in [-0.2, 0) is 6.54 Å². The van der Waals surface area contributed by atoms with Gasteiger partial charge in [0, 0.05) is 42.3 Å². The largest absolute Gasteiger partial charge is 0.368 e. The number of hydrogen-bond acceptors (Lipinski definition) is 4. The second-order valence-corrected chi connectivity index (χ2v) is 8.54. The SMILES string of the molecule is O=C(c1nn(Cc2ccccc2)c(=O)c2ccccc12)N1CCN(c2cccc(Cl)c2)CC1. The summed E-state index contributed by atoms with van der Waals surface area (Å²) in [4.78, 5) is 30.6. The molecule has 1 amide bonds. The van der Waals surface area contributed by atoms with Gasteiger partial charge in [-0.05, 0) is 29.8 Å². The molecule has 0 N–H and O–H groups in total. The first-order valence-electron chi connectivity index (χ1n) is 10.9. The molecule has 0 bridgehead atoms. The van der Waals surface area contributed by atoms with Crippen LogP contribution in [0, 0.1) is 0 Å². The number of benzene rings is 3. The molecule has 1 fully saturated rings. The van der Waals surface area contributed by atoms with Crippen LogP contribution in [0.25, 0.3) is 10.8 Å². The number of amides is 1. The van der Waals surface area contributed by atoms with Crippen molar-refractivity contribution in [1.29, 1.82) is 0 Å². The lowest BCUT2D eigenvalue weighted by Crippen LogP contribution is -2.49. The fourth-order valence-electron chi connectivity index (χ4n) is 4.25. The van der Waals surface area contributed by atoms with Crippen LogP contribution in [0.3, 0.4) is 0 Å². The zero-order chi connectivity index (χ0) is 22.8. The van der Waals surface area contributed by atoms with Crippen LogP contribution in [-0.4, -0.2) is 46.8 Å². The molecule has 4 aromatic rings. The lowest BCUT2D eigenvalue weighted by Gasteiger charge is -2.36. The van der Waals surface area contributed by atoms with Gasteiger partial charge in [0.15, 0.2) is 5.69 Å². The van der Waals surface area contributed by atoms with Crippen molar-refractivity contribution in [2.24, 2.45) is 0 Å². The smallest absolute Gasteiger partial charge is 0.275 e. The number of anilines is 1. The first-order chi connectivity index (χ1) is 16.1. The molecule has 1 aromatic heterocycles. The highest BCUT2D eigenvalue weighted by atomic mass is 35.5. The highest BCUT2D eigenvalue weighted by Gasteiger charge is 2.26. The van der Waals surface area contributed by atoms with Crippen LogP contribution in [0.2, 0.25) is 5.02 Å². The van der Waals surface area contributed by atoms with Crippen LogP contribution in [0.15, 0.2) is 83.7 Å². The summed E-state index contributed by atoms with van der Waals surface area (Å²) in [6, 6.07) is 24.6. The highest BCUT2D eigenvalue weighted by Crippen LogP contribution is 2.22. The summed E-state index contributed by atoms with van der Waals surface area (Å²) in [7, 11) is 0. The van der Waals surface area contributed by atoms with Crippen molar-refractivity contribution in [1.82, 2.24) is 14.7 Å². The standard InChI is InChI=1S/C26H23ClN4O2/c27-20-9-6-10-21(17-20)29-13-15-30(16-14-29)26(33)24-22-11-4-5-12-23(22)25(32)31(28-24)18-19-7-2-1-3-8-19/h1-12,17H,13-16,18H2. The molecule has 0 atom stereocenters. The van der Waals surface area contributed by atoms with Gasteiger partial charge >= 0.3 is 0 Å². The fraction of sp³-hybridized carbons (Fsp3) is 0.192. The number of rotatable bonds is 4. The quantitative estimate of drug-likeness (QED) is 0.462. The average molecular weight is 459 g/mol. The maximum absolute atomic E-state index is 13.5. The number of piperazine rings is 1. The fourth-order valence-corrected chi connectivity index (χ4v) is 4.43. The van der Waals surface area contributed by atoms with E-state index in [0.717, 1.165) is 11.3 Å². The summed E-state index contributed by atoms with van der Waals surface area (Å²) >= 11 is 6.14. The number of carbonyl (C=O) groups is 1. The topological polar surface area (TPSA) is 58.4 Å². The lowest BCUT2D eigenvalue weighted by molar-refractivity contribution is 0.0740. The Labute approximate surface area is 196 Å². The Kier molecular flexibility index (Phi) is 5.84. The van der Waals surface area contributed by atoms with Gasteiger partial charge in [-0.25, -0.2) is 4.68 Å². The molecule has 1 saturated heterocycles. The molecule has 0 radical (unpaired) electrons. The third-order valence-electron chi connectivity index (χ3n) is 5.99. The van der Waals surface area contributed by atoms with Crippen molar-refractivity contribution < 1.29 is 4.79 Å². The average Bonchev–Trinajstić information content (AvgIpc) is 2.86. The Bertz CT molecular complexity index is 1360. The van der Waals surface area contributed by atoms with E-state index < -0.39 is 0 Å². The molecule has 7 heteroatoms. The predicted octanol–water partition coefficient (Wildman–Crippen LogP) is 4.06. The number of nitrogens with zero attached hydrogens (tertiary/aromatic N) is 4. The molecular formula is C26H23ClN4O2. The third kappa shape index (κ3) is 4.34. The number of hydrogen-bond donors (Lipinski definition) is 0. The summed E-state index contributed by atoms with van der Waals surface area (Å²) in [5.41, 5.74) is 2.12. The number of halogens is 1. The van der Waals surface area contributed by atoms with E-state index >= 15 is 0 Å². The minimum Gasteiger partial charge on any atom is -0.368 e. The lowest BCUT2D eigenvalue weighted by atomic mass is 10.1. The van der Waals surface area contributed by atoms with E-state index in [0.29, 0.717) is 54.2 Å². The molecular weight excluding hydrogens is 436 g/mol. The Hall–Kier alpha value is -3.64. The Morgan fingerprint density at radius 2 is 1.55 bits per heavy atom. The van der Waals surface area contributed by atoms with Crippen LogP contribution >= 0.6 is 11.6 Å². The van der Waals surface area contributed by atoms with Gasteiger partial charge in [-0.15, -0.1) is 0 Å². The monoisotopic (exact) mass is 458 g/mol. The van der Waals surface area contributed by atoms with Crippen molar-refractivity contribution >= 4 is 34.0 Å². The van der Waals surface area contributed by atoms with E-state index in [2.05, 4.69) is 10.00 Å². The van der Waals surface area contributed by atoms with E-state index in [1.807, 2.05) is 71.6 Å².